The smallest absolute Gasteiger partial charge is 0.316 e. The van der Waals surface area contributed by atoms with E-state index in [1.54, 1.807) is 24.4 Å². The molecule has 5 nitrogen and oxygen atoms in total. The maximum absolute atomic E-state index is 13.6. The minimum Gasteiger partial charge on any atom is -0.458 e. The number of hydrogen-bond donors (Lipinski definition) is 0. The predicted octanol–water partition coefficient (Wildman–Crippen LogP) is 3.31. The van der Waals surface area contributed by atoms with Crippen LogP contribution in [-0.4, -0.2) is 15.4 Å². The molecule has 138 valence electrons. The Kier molecular flexibility index (Phi) is 4.26. The van der Waals surface area contributed by atoms with E-state index < -0.39 is 11.4 Å². The lowest BCUT2D eigenvalue weighted by atomic mass is 9.64. The van der Waals surface area contributed by atoms with Crippen molar-refractivity contribution in [3.05, 3.63) is 81.7 Å². The first-order valence-electron chi connectivity index (χ1n) is 8.90. The number of nitrogens with zero attached hydrogens (tertiary/aromatic N) is 2. The number of fused-ring (bicyclic) bond motifs is 1. The van der Waals surface area contributed by atoms with E-state index in [0.29, 0.717) is 29.7 Å². The van der Waals surface area contributed by atoms with Gasteiger partial charge in [0.05, 0.1) is 11.1 Å². The highest BCUT2D eigenvalue weighted by atomic mass is 19.1. The van der Waals surface area contributed by atoms with Gasteiger partial charge in [0.1, 0.15) is 18.1 Å². The van der Waals surface area contributed by atoms with Crippen LogP contribution in [0.5, 0.6) is 0 Å². The number of carbonyl (C=O) groups excluding carboxylic acids is 1. The van der Waals surface area contributed by atoms with Crippen LogP contribution >= 0.6 is 0 Å². The Hall–Kier alpha value is -3.02. The van der Waals surface area contributed by atoms with Gasteiger partial charge in [-0.2, -0.15) is 0 Å². The molecule has 2 aromatic heterocycles. The summed E-state index contributed by atoms with van der Waals surface area (Å²) < 4.78 is 20.5. The van der Waals surface area contributed by atoms with Crippen molar-refractivity contribution in [2.45, 2.75) is 38.2 Å². The average Bonchev–Trinajstić information content (AvgIpc) is 2.60. The monoisotopic (exact) mass is 366 g/mol. The first kappa shape index (κ1) is 17.4. The molecule has 1 saturated carbocycles. The van der Waals surface area contributed by atoms with E-state index in [1.165, 1.54) is 22.6 Å². The van der Waals surface area contributed by atoms with Gasteiger partial charge in [-0.05, 0) is 49.1 Å². The summed E-state index contributed by atoms with van der Waals surface area (Å²) in [5.41, 5.74) is 1.46. The van der Waals surface area contributed by atoms with Crippen LogP contribution < -0.4 is 5.56 Å². The van der Waals surface area contributed by atoms with E-state index in [4.69, 9.17) is 4.74 Å². The molecule has 0 bridgehead atoms. The third-order valence-corrected chi connectivity index (χ3v) is 5.19. The maximum Gasteiger partial charge on any atom is 0.316 e. The fourth-order valence-electron chi connectivity index (χ4n) is 3.54. The quantitative estimate of drug-likeness (QED) is 0.665. The largest absolute Gasteiger partial charge is 0.458 e. The minimum absolute atomic E-state index is 0.0878. The molecule has 27 heavy (non-hydrogen) atoms. The zero-order valence-electron chi connectivity index (χ0n) is 14.9. The van der Waals surface area contributed by atoms with E-state index in [-0.39, 0.29) is 18.0 Å². The fourth-order valence-corrected chi connectivity index (χ4v) is 3.54. The Bertz CT molecular complexity index is 1090. The summed E-state index contributed by atoms with van der Waals surface area (Å²) in [4.78, 5) is 29.4. The third-order valence-electron chi connectivity index (χ3n) is 5.19. The first-order valence-corrected chi connectivity index (χ1v) is 8.90. The molecule has 4 rings (SSSR count). The highest BCUT2D eigenvalue weighted by Crippen LogP contribution is 2.45. The zero-order valence-corrected chi connectivity index (χ0v) is 14.9. The van der Waals surface area contributed by atoms with Crippen LogP contribution in [0.1, 0.15) is 36.1 Å². The molecule has 0 radical (unpaired) electrons. The van der Waals surface area contributed by atoms with Crippen LogP contribution in [0.25, 0.3) is 5.65 Å². The summed E-state index contributed by atoms with van der Waals surface area (Å²) in [6.45, 7) is 1.81. The molecule has 1 aliphatic rings. The van der Waals surface area contributed by atoms with Crippen molar-refractivity contribution in [2.24, 2.45) is 0 Å². The van der Waals surface area contributed by atoms with E-state index >= 15 is 0 Å². The SMILES string of the molecule is Cc1ccc2nc(COC(=O)C3(c4cccc(F)c4)CCC3)cc(=O)n2c1. The number of ether oxygens (including phenoxy) is 1. The van der Waals surface area contributed by atoms with Crippen molar-refractivity contribution in [3.8, 4) is 0 Å². The van der Waals surface area contributed by atoms with E-state index in [0.717, 1.165) is 12.0 Å². The summed E-state index contributed by atoms with van der Waals surface area (Å²) in [5, 5.41) is 0. The molecule has 0 unspecified atom stereocenters. The van der Waals surface area contributed by atoms with Crippen LogP contribution in [-0.2, 0) is 21.6 Å². The van der Waals surface area contributed by atoms with Gasteiger partial charge in [0.2, 0.25) is 0 Å². The molecule has 6 heteroatoms. The number of aryl methyl sites for hydroxylation is 1. The topological polar surface area (TPSA) is 60.7 Å². The van der Waals surface area contributed by atoms with Gasteiger partial charge in [-0.1, -0.05) is 24.6 Å². The number of rotatable bonds is 4. The van der Waals surface area contributed by atoms with Crippen LogP contribution in [0.15, 0.2) is 53.5 Å². The number of esters is 1. The summed E-state index contributed by atoms with van der Waals surface area (Å²) in [6, 6.07) is 11.1. The molecule has 1 aromatic carbocycles. The fraction of sp³-hybridized carbons (Fsp3) is 0.286. The van der Waals surface area contributed by atoms with E-state index in [1.807, 2.05) is 13.0 Å². The molecule has 0 spiro atoms. The summed E-state index contributed by atoms with van der Waals surface area (Å²) in [5.74, 6) is -0.767. The molecule has 0 N–H and O–H groups in total. The summed E-state index contributed by atoms with van der Waals surface area (Å²) in [6.07, 6.45) is 3.86. The zero-order chi connectivity index (χ0) is 19.0. The van der Waals surface area contributed by atoms with Crippen molar-refractivity contribution < 1.29 is 13.9 Å². The highest BCUT2D eigenvalue weighted by Gasteiger charge is 2.47. The van der Waals surface area contributed by atoms with Crippen molar-refractivity contribution in [2.75, 3.05) is 0 Å². The normalized spacial score (nSPS) is 15.3. The Morgan fingerprint density at radius 3 is 2.78 bits per heavy atom. The van der Waals surface area contributed by atoms with Gasteiger partial charge < -0.3 is 4.74 Å². The lowest BCUT2D eigenvalue weighted by molar-refractivity contribution is -0.156. The lowest BCUT2D eigenvalue weighted by Gasteiger charge is -2.39. The summed E-state index contributed by atoms with van der Waals surface area (Å²) >= 11 is 0. The molecular weight excluding hydrogens is 347 g/mol. The van der Waals surface area contributed by atoms with E-state index in [9.17, 15) is 14.0 Å². The molecule has 3 aromatic rings. The third kappa shape index (κ3) is 3.12. The highest BCUT2D eigenvalue weighted by molar-refractivity contribution is 5.84. The Morgan fingerprint density at radius 2 is 2.07 bits per heavy atom. The Labute approximate surface area is 155 Å². The Morgan fingerprint density at radius 1 is 1.26 bits per heavy atom. The molecule has 1 fully saturated rings. The molecule has 1 aliphatic carbocycles. The lowest BCUT2D eigenvalue weighted by Crippen LogP contribution is -2.43. The Balaban J connectivity index is 1.56. The van der Waals surface area contributed by atoms with Gasteiger partial charge in [0.15, 0.2) is 0 Å². The summed E-state index contributed by atoms with van der Waals surface area (Å²) in [7, 11) is 0. The van der Waals surface area contributed by atoms with E-state index in [2.05, 4.69) is 4.98 Å². The molecule has 0 saturated heterocycles. The predicted molar refractivity (Wildman–Crippen MR) is 97.9 cm³/mol. The standard InChI is InChI=1S/C21H19FN2O3/c1-14-6-7-18-23-17(11-19(25)24(18)12-14)13-27-20(26)21(8-3-9-21)15-4-2-5-16(22)10-15/h2,4-7,10-12H,3,8-9,13H2,1H3. The minimum atomic E-state index is -0.800. The molecule has 0 amide bonds. The number of pyridine rings is 1. The number of carbonyl (C=O) groups is 1. The first-order chi connectivity index (χ1) is 13.0. The van der Waals surface area contributed by atoms with Gasteiger partial charge in [-0.3, -0.25) is 14.0 Å². The molecule has 0 atom stereocenters. The number of benzene rings is 1. The van der Waals surface area contributed by atoms with Gasteiger partial charge in [0, 0.05) is 12.3 Å². The number of aromatic nitrogens is 2. The van der Waals surface area contributed by atoms with Gasteiger partial charge >= 0.3 is 5.97 Å². The van der Waals surface area contributed by atoms with Crippen LogP contribution in [0.2, 0.25) is 0 Å². The van der Waals surface area contributed by atoms with Crippen molar-refractivity contribution in [3.63, 3.8) is 0 Å². The second-order valence-corrected chi connectivity index (χ2v) is 7.04. The molecule has 0 aliphatic heterocycles. The number of hydrogen-bond acceptors (Lipinski definition) is 4. The van der Waals surface area contributed by atoms with Gasteiger partial charge in [0.25, 0.3) is 5.56 Å². The van der Waals surface area contributed by atoms with Crippen molar-refractivity contribution >= 4 is 11.6 Å². The molecule has 2 heterocycles. The van der Waals surface area contributed by atoms with Gasteiger partial charge in [-0.25, -0.2) is 9.37 Å². The maximum atomic E-state index is 13.6. The van der Waals surface area contributed by atoms with Crippen molar-refractivity contribution in [1.82, 2.24) is 9.38 Å². The molecular formula is C21H19FN2O3. The van der Waals surface area contributed by atoms with Crippen LogP contribution in [0.3, 0.4) is 0 Å². The average molecular weight is 366 g/mol. The van der Waals surface area contributed by atoms with Crippen LogP contribution in [0.4, 0.5) is 4.39 Å². The van der Waals surface area contributed by atoms with Crippen molar-refractivity contribution in [1.29, 1.82) is 0 Å². The van der Waals surface area contributed by atoms with Gasteiger partial charge in [-0.15, -0.1) is 0 Å². The van der Waals surface area contributed by atoms with Crippen LogP contribution in [0, 0.1) is 12.7 Å². The second kappa shape index (κ2) is 6.61. The second-order valence-electron chi connectivity index (χ2n) is 7.04. The number of halogens is 1.